The van der Waals surface area contributed by atoms with Crippen molar-refractivity contribution >= 4 is 16.9 Å². The number of piperidine rings is 1. The molecule has 1 N–H and O–H groups in total. The Morgan fingerprint density at radius 1 is 1.32 bits per heavy atom. The summed E-state index contributed by atoms with van der Waals surface area (Å²) in [5.74, 6) is -2.87. The van der Waals surface area contributed by atoms with Crippen LogP contribution in [0.2, 0.25) is 0 Å². The largest absolute Gasteiger partial charge is 0.345 e. The van der Waals surface area contributed by atoms with E-state index in [1.165, 1.54) is 11.2 Å². The van der Waals surface area contributed by atoms with Crippen LogP contribution in [-0.2, 0) is 0 Å². The van der Waals surface area contributed by atoms with Gasteiger partial charge in [-0.25, -0.2) is 13.8 Å². The summed E-state index contributed by atoms with van der Waals surface area (Å²) in [5.41, 5.74) is 1.82. The molecule has 2 heterocycles. The molecule has 0 aliphatic carbocycles. The van der Waals surface area contributed by atoms with Crippen molar-refractivity contribution in [3.05, 3.63) is 30.1 Å². The quantitative estimate of drug-likeness (QED) is 0.861. The molecule has 100 valence electrons. The standard InChI is InChI=1S/C13H13F2N3O/c14-13(15)4-6-18(7-5-13)12(19)9-2-1-3-10-11(9)17-8-16-10/h1-3,8H,4-7H2,(H,16,17). The number of nitrogens with one attached hydrogen (secondary N) is 1. The van der Waals surface area contributed by atoms with Gasteiger partial charge >= 0.3 is 0 Å². The Bertz CT molecular complexity index is 613. The fourth-order valence-corrected chi connectivity index (χ4v) is 2.35. The number of amides is 1. The van der Waals surface area contributed by atoms with Crippen LogP contribution in [0.25, 0.3) is 11.0 Å². The number of para-hydroxylation sites is 1. The van der Waals surface area contributed by atoms with Gasteiger partial charge in [-0.1, -0.05) is 6.07 Å². The normalized spacial score (nSPS) is 18.7. The molecule has 0 spiro atoms. The summed E-state index contributed by atoms with van der Waals surface area (Å²) < 4.78 is 26.2. The number of halogens is 2. The van der Waals surface area contributed by atoms with Crippen molar-refractivity contribution in [3.63, 3.8) is 0 Å². The molecule has 3 rings (SSSR count). The molecule has 1 aliphatic heterocycles. The molecule has 0 bridgehead atoms. The van der Waals surface area contributed by atoms with Gasteiger partial charge in [-0.3, -0.25) is 4.79 Å². The lowest BCUT2D eigenvalue weighted by Crippen LogP contribution is -2.42. The van der Waals surface area contributed by atoms with E-state index >= 15 is 0 Å². The number of likely N-dealkylation sites (tertiary alicyclic amines) is 1. The molecule has 19 heavy (non-hydrogen) atoms. The highest BCUT2D eigenvalue weighted by Crippen LogP contribution is 2.29. The summed E-state index contributed by atoms with van der Waals surface area (Å²) in [5, 5.41) is 0. The predicted octanol–water partition coefficient (Wildman–Crippen LogP) is 2.43. The Hall–Kier alpha value is -1.98. The van der Waals surface area contributed by atoms with Crippen LogP contribution in [-0.4, -0.2) is 39.8 Å². The Morgan fingerprint density at radius 3 is 2.79 bits per heavy atom. The SMILES string of the molecule is O=C(c1cccc2[nH]cnc12)N1CCC(F)(F)CC1. The number of aromatic nitrogens is 2. The van der Waals surface area contributed by atoms with Crippen LogP contribution >= 0.6 is 0 Å². The molecule has 1 fully saturated rings. The van der Waals surface area contributed by atoms with Crippen LogP contribution in [0.4, 0.5) is 8.78 Å². The third kappa shape index (κ3) is 2.18. The average Bonchev–Trinajstić information content (AvgIpc) is 2.86. The van der Waals surface area contributed by atoms with Crippen molar-refractivity contribution in [2.24, 2.45) is 0 Å². The molecule has 4 nitrogen and oxygen atoms in total. The average molecular weight is 265 g/mol. The van der Waals surface area contributed by atoms with E-state index < -0.39 is 5.92 Å². The van der Waals surface area contributed by atoms with Gasteiger partial charge in [0, 0.05) is 25.9 Å². The first-order chi connectivity index (χ1) is 9.07. The minimum absolute atomic E-state index is 0.0899. The number of rotatable bonds is 1. The number of alkyl halides is 2. The summed E-state index contributed by atoms with van der Waals surface area (Å²) in [6.45, 7) is 0.180. The van der Waals surface area contributed by atoms with Crippen LogP contribution in [0.1, 0.15) is 23.2 Å². The zero-order valence-corrected chi connectivity index (χ0v) is 10.2. The highest BCUT2D eigenvalue weighted by Gasteiger charge is 2.36. The smallest absolute Gasteiger partial charge is 0.256 e. The zero-order chi connectivity index (χ0) is 13.5. The summed E-state index contributed by atoms with van der Waals surface area (Å²) >= 11 is 0. The second-order valence-electron chi connectivity index (χ2n) is 4.75. The molecule has 1 aromatic heterocycles. The first kappa shape index (κ1) is 12.1. The van der Waals surface area contributed by atoms with Crippen LogP contribution in [0.3, 0.4) is 0 Å². The third-order valence-electron chi connectivity index (χ3n) is 3.46. The Balaban J connectivity index is 1.87. The minimum Gasteiger partial charge on any atom is -0.345 e. The van der Waals surface area contributed by atoms with Gasteiger partial charge in [-0.15, -0.1) is 0 Å². The summed E-state index contributed by atoms with van der Waals surface area (Å²) in [4.78, 5) is 20.9. The Kier molecular flexibility index (Phi) is 2.73. The number of H-pyrrole nitrogens is 1. The number of benzene rings is 1. The molecule has 6 heteroatoms. The fourth-order valence-electron chi connectivity index (χ4n) is 2.35. The number of hydrogen-bond donors (Lipinski definition) is 1. The third-order valence-corrected chi connectivity index (χ3v) is 3.46. The molecule has 0 atom stereocenters. The fraction of sp³-hybridized carbons (Fsp3) is 0.385. The van der Waals surface area contributed by atoms with Gasteiger partial charge in [-0.05, 0) is 12.1 Å². The van der Waals surface area contributed by atoms with Crippen LogP contribution < -0.4 is 0 Å². The lowest BCUT2D eigenvalue weighted by atomic mass is 10.1. The van der Waals surface area contributed by atoms with Gasteiger partial charge in [0.25, 0.3) is 11.8 Å². The highest BCUT2D eigenvalue weighted by atomic mass is 19.3. The van der Waals surface area contributed by atoms with Crippen LogP contribution in [0.15, 0.2) is 24.5 Å². The zero-order valence-electron chi connectivity index (χ0n) is 10.2. The van der Waals surface area contributed by atoms with E-state index in [2.05, 4.69) is 9.97 Å². The molecular formula is C13H13F2N3O. The topological polar surface area (TPSA) is 49.0 Å². The molecule has 2 aromatic rings. The van der Waals surface area contributed by atoms with E-state index in [9.17, 15) is 13.6 Å². The van der Waals surface area contributed by atoms with E-state index in [1.54, 1.807) is 12.1 Å². The number of fused-ring (bicyclic) bond motifs is 1. The summed E-state index contributed by atoms with van der Waals surface area (Å²) in [7, 11) is 0. The van der Waals surface area contributed by atoms with Crippen molar-refractivity contribution in [1.82, 2.24) is 14.9 Å². The second kappa shape index (κ2) is 4.29. The van der Waals surface area contributed by atoms with E-state index in [0.717, 1.165) is 5.52 Å². The predicted molar refractivity (Wildman–Crippen MR) is 66.2 cm³/mol. The molecule has 1 amide bonds. The number of carbonyl (C=O) groups is 1. The molecule has 1 aliphatic rings. The van der Waals surface area contributed by atoms with E-state index in [-0.39, 0.29) is 31.8 Å². The maximum absolute atomic E-state index is 13.1. The van der Waals surface area contributed by atoms with Gasteiger partial charge < -0.3 is 9.88 Å². The van der Waals surface area contributed by atoms with Gasteiger partial charge in [0.15, 0.2) is 0 Å². The van der Waals surface area contributed by atoms with Crippen molar-refractivity contribution in [3.8, 4) is 0 Å². The van der Waals surface area contributed by atoms with Gasteiger partial charge in [-0.2, -0.15) is 0 Å². The van der Waals surface area contributed by atoms with Crippen molar-refractivity contribution in [1.29, 1.82) is 0 Å². The number of imidazole rings is 1. The molecule has 1 saturated heterocycles. The molecule has 1 aromatic carbocycles. The van der Waals surface area contributed by atoms with Crippen molar-refractivity contribution < 1.29 is 13.6 Å². The summed E-state index contributed by atoms with van der Waals surface area (Å²) in [6.07, 6.45) is 0.983. The Morgan fingerprint density at radius 2 is 2.05 bits per heavy atom. The van der Waals surface area contributed by atoms with Crippen molar-refractivity contribution in [2.75, 3.05) is 13.1 Å². The number of hydrogen-bond acceptors (Lipinski definition) is 2. The van der Waals surface area contributed by atoms with E-state index in [1.807, 2.05) is 6.07 Å². The van der Waals surface area contributed by atoms with Gasteiger partial charge in [0.1, 0.15) is 5.52 Å². The number of nitrogens with zero attached hydrogens (tertiary/aromatic N) is 2. The van der Waals surface area contributed by atoms with E-state index in [4.69, 9.17) is 0 Å². The lowest BCUT2D eigenvalue weighted by Gasteiger charge is -2.31. The van der Waals surface area contributed by atoms with Gasteiger partial charge in [0.05, 0.1) is 17.4 Å². The van der Waals surface area contributed by atoms with Crippen molar-refractivity contribution in [2.45, 2.75) is 18.8 Å². The lowest BCUT2D eigenvalue weighted by molar-refractivity contribution is -0.0493. The second-order valence-corrected chi connectivity index (χ2v) is 4.75. The first-order valence-corrected chi connectivity index (χ1v) is 6.16. The maximum Gasteiger partial charge on any atom is 0.256 e. The minimum atomic E-state index is -2.64. The molecule has 0 radical (unpaired) electrons. The number of aromatic amines is 1. The maximum atomic E-state index is 13.1. The first-order valence-electron chi connectivity index (χ1n) is 6.16. The number of carbonyl (C=O) groups excluding carboxylic acids is 1. The summed E-state index contributed by atoms with van der Waals surface area (Å²) in [6, 6.07) is 5.26. The van der Waals surface area contributed by atoms with Gasteiger partial charge in [0.2, 0.25) is 0 Å². The highest BCUT2D eigenvalue weighted by molar-refractivity contribution is 6.04. The molecule has 0 saturated carbocycles. The monoisotopic (exact) mass is 265 g/mol. The Labute approximate surface area is 108 Å². The van der Waals surface area contributed by atoms with Crippen LogP contribution in [0, 0.1) is 0 Å². The van der Waals surface area contributed by atoms with E-state index in [0.29, 0.717) is 11.1 Å². The molecule has 0 unspecified atom stereocenters. The van der Waals surface area contributed by atoms with Crippen LogP contribution in [0.5, 0.6) is 0 Å². The molecular weight excluding hydrogens is 252 g/mol.